The molecule has 0 spiro atoms. The quantitative estimate of drug-likeness (QED) is 0.818. The maximum atomic E-state index is 4.07. The van der Waals surface area contributed by atoms with Gasteiger partial charge in [0.2, 0.25) is 0 Å². The van der Waals surface area contributed by atoms with E-state index >= 15 is 0 Å². The number of anilines is 2. The van der Waals surface area contributed by atoms with Crippen molar-refractivity contribution in [3.63, 3.8) is 0 Å². The number of pyridine rings is 1. The standard InChI is InChI=1S/C16H18N3/c1-14-2-4-15(5-3-14)18-10-12-19(13-11-18)16-6-8-17-9-7-16/h2-4,6-9H,10-13H2,1H3. The molecule has 3 heteroatoms. The zero-order chi connectivity index (χ0) is 13.1. The van der Waals surface area contributed by atoms with Gasteiger partial charge in [0.05, 0.1) is 0 Å². The fourth-order valence-electron chi connectivity index (χ4n) is 2.45. The van der Waals surface area contributed by atoms with Crippen molar-refractivity contribution in [1.29, 1.82) is 0 Å². The van der Waals surface area contributed by atoms with Gasteiger partial charge in [-0.25, -0.2) is 0 Å². The molecule has 0 N–H and O–H groups in total. The highest BCUT2D eigenvalue weighted by Crippen LogP contribution is 2.19. The summed E-state index contributed by atoms with van der Waals surface area (Å²) in [7, 11) is 0. The van der Waals surface area contributed by atoms with Gasteiger partial charge in [-0.2, -0.15) is 0 Å². The van der Waals surface area contributed by atoms with Gasteiger partial charge in [-0.15, -0.1) is 0 Å². The highest BCUT2D eigenvalue weighted by molar-refractivity contribution is 5.51. The van der Waals surface area contributed by atoms with Gasteiger partial charge in [-0.1, -0.05) is 11.6 Å². The summed E-state index contributed by atoms with van der Waals surface area (Å²) < 4.78 is 0. The second kappa shape index (κ2) is 5.31. The van der Waals surface area contributed by atoms with Crippen molar-refractivity contribution >= 4 is 11.4 Å². The molecular weight excluding hydrogens is 234 g/mol. The average Bonchev–Trinajstić information content (AvgIpc) is 2.49. The summed E-state index contributed by atoms with van der Waals surface area (Å²) >= 11 is 0. The number of nitrogens with zero attached hydrogens (tertiary/aromatic N) is 3. The molecule has 0 aliphatic carbocycles. The van der Waals surface area contributed by atoms with E-state index in [0.717, 1.165) is 26.2 Å². The monoisotopic (exact) mass is 252 g/mol. The smallest absolute Gasteiger partial charge is 0.0448 e. The van der Waals surface area contributed by atoms with Crippen molar-refractivity contribution in [2.75, 3.05) is 36.0 Å². The predicted octanol–water partition coefficient (Wildman–Crippen LogP) is 2.52. The molecule has 1 aromatic carbocycles. The third-order valence-electron chi connectivity index (χ3n) is 3.60. The first-order valence-electron chi connectivity index (χ1n) is 6.71. The molecule has 1 aromatic heterocycles. The van der Waals surface area contributed by atoms with Crippen LogP contribution in [0.4, 0.5) is 11.4 Å². The normalized spacial score (nSPS) is 15.6. The first kappa shape index (κ1) is 12.0. The summed E-state index contributed by atoms with van der Waals surface area (Å²) in [6, 6.07) is 13.9. The fraction of sp³-hybridized carbons (Fsp3) is 0.312. The van der Waals surface area contributed by atoms with Crippen LogP contribution in [0.15, 0.2) is 42.7 Å². The molecule has 0 amide bonds. The molecule has 97 valence electrons. The third kappa shape index (κ3) is 2.70. The zero-order valence-electron chi connectivity index (χ0n) is 11.2. The molecule has 0 unspecified atom stereocenters. The van der Waals surface area contributed by atoms with Crippen molar-refractivity contribution in [1.82, 2.24) is 4.98 Å². The fourth-order valence-corrected chi connectivity index (χ4v) is 2.45. The van der Waals surface area contributed by atoms with Gasteiger partial charge in [0.1, 0.15) is 0 Å². The Kier molecular flexibility index (Phi) is 3.36. The molecule has 1 saturated heterocycles. The number of aromatic nitrogens is 1. The SMILES string of the molecule is Cc1c[c]c(N2CCN(c3ccncc3)CC2)cc1. The minimum Gasteiger partial charge on any atom is -0.368 e. The highest BCUT2D eigenvalue weighted by Gasteiger charge is 2.17. The van der Waals surface area contributed by atoms with Crippen LogP contribution >= 0.6 is 0 Å². The van der Waals surface area contributed by atoms with E-state index in [-0.39, 0.29) is 0 Å². The van der Waals surface area contributed by atoms with E-state index < -0.39 is 0 Å². The molecule has 1 radical (unpaired) electrons. The number of rotatable bonds is 2. The van der Waals surface area contributed by atoms with E-state index in [4.69, 9.17) is 0 Å². The molecule has 0 atom stereocenters. The molecule has 19 heavy (non-hydrogen) atoms. The van der Waals surface area contributed by atoms with Crippen LogP contribution in [0.25, 0.3) is 0 Å². The topological polar surface area (TPSA) is 19.4 Å². The molecule has 0 saturated carbocycles. The van der Waals surface area contributed by atoms with Gasteiger partial charge in [0, 0.05) is 56.0 Å². The lowest BCUT2D eigenvalue weighted by molar-refractivity contribution is 0.653. The van der Waals surface area contributed by atoms with Gasteiger partial charge in [-0.05, 0) is 31.2 Å². The lowest BCUT2D eigenvalue weighted by Crippen LogP contribution is -2.46. The van der Waals surface area contributed by atoms with Crippen molar-refractivity contribution in [2.24, 2.45) is 0 Å². The summed E-state index contributed by atoms with van der Waals surface area (Å²) in [6.45, 7) is 6.28. The van der Waals surface area contributed by atoms with Crippen LogP contribution in [0, 0.1) is 13.0 Å². The van der Waals surface area contributed by atoms with Crippen LogP contribution in [0.2, 0.25) is 0 Å². The zero-order valence-corrected chi connectivity index (χ0v) is 11.2. The van der Waals surface area contributed by atoms with Crippen LogP contribution in [0.3, 0.4) is 0 Å². The van der Waals surface area contributed by atoms with Crippen LogP contribution in [0.5, 0.6) is 0 Å². The molecular formula is C16H18N3. The first-order valence-corrected chi connectivity index (χ1v) is 6.71. The number of aryl methyl sites for hydroxylation is 1. The number of piperazine rings is 1. The maximum absolute atomic E-state index is 4.07. The minimum atomic E-state index is 1.04. The molecule has 3 nitrogen and oxygen atoms in total. The number of hydrogen-bond acceptors (Lipinski definition) is 3. The number of benzene rings is 1. The van der Waals surface area contributed by atoms with Crippen molar-refractivity contribution < 1.29 is 0 Å². The molecule has 1 aliphatic heterocycles. The lowest BCUT2D eigenvalue weighted by atomic mass is 10.2. The van der Waals surface area contributed by atoms with E-state index in [9.17, 15) is 0 Å². The summed E-state index contributed by atoms with van der Waals surface area (Å²) in [5, 5.41) is 0. The van der Waals surface area contributed by atoms with Gasteiger partial charge in [0.25, 0.3) is 0 Å². The first-order chi connectivity index (χ1) is 9.33. The summed E-state index contributed by atoms with van der Waals surface area (Å²) in [5.74, 6) is 0. The Morgan fingerprint density at radius 3 is 2.26 bits per heavy atom. The predicted molar refractivity (Wildman–Crippen MR) is 78.7 cm³/mol. The van der Waals surface area contributed by atoms with E-state index in [0.29, 0.717) is 0 Å². The van der Waals surface area contributed by atoms with Crippen LogP contribution in [-0.4, -0.2) is 31.2 Å². The Morgan fingerprint density at radius 1 is 0.947 bits per heavy atom. The Labute approximate surface area is 114 Å². The van der Waals surface area contributed by atoms with E-state index in [1.165, 1.54) is 16.9 Å². The summed E-state index contributed by atoms with van der Waals surface area (Å²) in [4.78, 5) is 8.88. The minimum absolute atomic E-state index is 1.04. The Hall–Kier alpha value is -2.03. The average molecular weight is 252 g/mol. The van der Waals surface area contributed by atoms with Crippen LogP contribution in [-0.2, 0) is 0 Å². The maximum Gasteiger partial charge on any atom is 0.0448 e. The van der Waals surface area contributed by atoms with Crippen molar-refractivity contribution in [3.05, 3.63) is 54.4 Å². The van der Waals surface area contributed by atoms with Gasteiger partial charge >= 0.3 is 0 Å². The van der Waals surface area contributed by atoms with Crippen LogP contribution < -0.4 is 9.80 Å². The highest BCUT2D eigenvalue weighted by atomic mass is 15.3. The lowest BCUT2D eigenvalue weighted by Gasteiger charge is -2.37. The van der Waals surface area contributed by atoms with Crippen molar-refractivity contribution in [3.8, 4) is 0 Å². The van der Waals surface area contributed by atoms with Crippen LogP contribution in [0.1, 0.15) is 5.56 Å². The Bertz CT molecular complexity index is 513. The van der Waals surface area contributed by atoms with Crippen molar-refractivity contribution in [2.45, 2.75) is 6.92 Å². The third-order valence-corrected chi connectivity index (χ3v) is 3.60. The Morgan fingerprint density at radius 2 is 1.63 bits per heavy atom. The molecule has 1 fully saturated rings. The van der Waals surface area contributed by atoms with E-state index in [1.54, 1.807) is 0 Å². The summed E-state index contributed by atoms with van der Waals surface area (Å²) in [5.41, 5.74) is 3.74. The van der Waals surface area contributed by atoms with E-state index in [2.05, 4.69) is 58.1 Å². The van der Waals surface area contributed by atoms with Gasteiger partial charge in [0.15, 0.2) is 0 Å². The van der Waals surface area contributed by atoms with Gasteiger partial charge < -0.3 is 9.80 Å². The number of hydrogen-bond donors (Lipinski definition) is 0. The largest absolute Gasteiger partial charge is 0.368 e. The Balaban J connectivity index is 1.65. The summed E-state index contributed by atoms with van der Waals surface area (Å²) in [6.07, 6.45) is 3.71. The van der Waals surface area contributed by atoms with E-state index in [1.807, 2.05) is 12.4 Å². The molecule has 1 aliphatic rings. The second-order valence-corrected chi connectivity index (χ2v) is 4.93. The molecule has 2 aromatic rings. The van der Waals surface area contributed by atoms with Gasteiger partial charge in [-0.3, -0.25) is 4.98 Å². The molecule has 2 heterocycles. The molecule has 3 rings (SSSR count). The molecule has 0 bridgehead atoms. The second-order valence-electron chi connectivity index (χ2n) is 4.93.